The SMILES string of the molecule is CCCC[C@@H]1C(=O)N2N=Cc3cscc3[C@H]2N2N=Cc3cscc3[C@@H]12. The fourth-order valence-corrected chi connectivity index (χ4v) is 5.66. The van der Waals surface area contributed by atoms with Crippen LogP contribution < -0.4 is 0 Å². The second kappa shape index (κ2) is 5.78. The van der Waals surface area contributed by atoms with Crippen LogP contribution in [0.4, 0.5) is 0 Å². The monoisotopic (exact) mass is 370 g/mol. The molecule has 0 N–H and O–H groups in total. The number of amides is 1. The highest BCUT2D eigenvalue weighted by Gasteiger charge is 2.51. The Kier molecular flexibility index (Phi) is 3.53. The second-order valence-electron chi connectivity index (χ2n) is 6.68. The van der Waals surface area contributed by atoms with E-state index in [9.17, 15) is 4.79 Å². The van der Waals surface area contributed by atoms with E-state index in [1.807, 2.05) is 6.21 Å². The highest BCUT2D eigenvalue weighted by Crippen LogP contribution is 2.49. The van der Waals surface area contributed by atoms with Crippen molar-refractivity contribution < 1.29 is 4.79 Å². The topological polar surface area (TPSA) is 48.3 Å². The highest BCUT2D eigenvalue weighted by molar-refractivity contribution is 7.08. The molecule has 1 saturated heterocycles. The van der Waals surface area contributed by atoms with Gasteiger partial charge in [0.05, 0.1) is 24.4 Å². The van der Waals surface area contributed by atoms with E-state index in [0.717, 1.165) is 36.0 Å². The second-order valence-corrected chi connectivity index (χ2v) is 8.17. The average molecular weight is 371 g/mol. The minimum Gasteiger partial charge on any atom is -0.272 e. The molecule has 128 valence electrons. The van der Waals surface area contributed by atoms with Crippen LogP contribution in [0.25, 0.3) is 0 Å². The number of hydrazone groups is 2. The van der Waals surface area contributed by atoms with Crippen LogP contribution in [0.15, 0.2) is 31.7 Å². The van der Waals surface area contributed by atoms with Crippen LogP contribution in [0.1, 0.15) is 60.6 Å². The summed E-state index contributed by atoms with van der Waals surface area (Å²) in [5.74, 6) is 0.0291. The van der Waals surface area contributed by atoms with Crippen molar-refractivity contribution in [3.05, 3.63) is 43.8 Å². The number of rotatable bonds is 3. The Hall–Kier alpha value is -1.99. The Morgan fingerprint density at radius 3 is 2.56 bits per heavy atom. The maximum absolute atomic E-state index is 13.3. The lowest BCUT2D eigenvalue weighted by molar-refractivity contribution is -0.161. The third kappa shape index (κ3) is 2.15. The van der Waals surface area contributed by atoms with Gasteiger partial charge in [0, 0.05) is 16.7 Å². The van der Waals surface area contributed by atoms with E-state index in [1.165, 1.54) is 5.56 Å². The van der Waals surface area contributed by atoms with E-state index in [0.29, 0.717) is 0 Å². The van der Waals surface area contributed by atoms with Crippen molar-refractivity contribution >= 4 is 41.0 Å². The van der Waals surface area contributed by atoms with Gasteiger partial charge in [0.15, 0.2) is 6.17 Å². The van der Waals surface area contributed by atoms with Gasteiger partial charge in [-0.2, -0.15) is 32.9 Å². The lowest BCUT2D eigenvalue weighted by atomic mass is 9.83. The smallest absolute Gasteiger partial charge is 0.250 e. The first-order chi connectivity index (χ1) is 12.3. The van der Waals surface area contributed by atoms with Gasteiger partial charge in [-0.1, -0.05) is 19.8 Å². The standard InChI is InChI=1S/C18H18N4OS2/c1-2-3-4-13-16-14-9-24-7-11(14)5-19-21(16)17-15-10-25-8-12(15)6-20-22(17)18(13)23/h5-10,13,16-17H,2-4H2,1H3/t13-,16+,17-/m0/s1. The van der Waals surface area contributed by atoms with Gasteiger partial charge in [0.25, 0.3) is 5.91 Å². The van der Waals surface area contributed by atoms with Gasteiger partial charge in [-0.05, 0) is 33.5 Å². The first kappa shape index (κ1) is 15.3. The summed E-state index contributed by atoms with van der Waals surface area (Å²) >= 11 is 3.33. The Morgan fingerprint density at radius 1 is 1.04 bits per heavy atom. The first-order valence-corrected chi connectivity index (χ1v) is 10.5. The molecule has 0 spiro atoms. The summed E-state index contributed by atoms with van der Waals surface area (Å²) in [6.07, 6.45) is 6.49. The quantitative estimate of drug-likeness (QED) is 0.813. The average Bonchev–Trinajstić information content (AvgIpc) is 3.29. The molecule has 0 unspecified atom stereocenters. The molecule has 5 heterocycles. The van der Waals surface area contributed by atoms with Crippen LogP contribution in [0, 0.1) is 5.92 Å². The molecule has 5 nitrogen and oxygen atoms in total. The van der Waals surface area contributed by atoms with Crippen LogP contribution in [0.2, 0.25) is 0 Å². The Labute approximate surface area is 154 Å². The molecule has 1 amide bonds. The molecule has 25 heavy (non-hydrogen) atoms. The van der Waals surface area contributed by atoms with Gasteiger partial charge in [-0.25, -0.2) is 5.01 Å². The van der Waals surface area contributed by atoms with Gasteiger partial charge >= 0.3 is 0 Å². The molecular formula is C18H18N4OS2. The van der Waals surface area contributed by atoms with Crippen molar-refractivity contribution in [2.45, 2.75) is 38.4 Å². The third-order valence-electron chi connectivity index (χ3n) is 5.25. The normalized spacial score (nSPS) is 26.3. The van der Waals surface area contributed by atoms with E-state index in [1.54, 1.807) is 33.9 Å². The number of carbonyl (C=O) groups is 1. The van der Waals surface area contributed by atoms with Crippen molar-refractivity contribution in [2.24, 2.45) is 16.1 Å². The molecular weight excluding hydrogens is 352 g/mol. The van der Waals surface area contributed by atoms with E-state index in [2.05, 4.69) is 38.6 Å². The van der Waals surface area contributed by atoms with Crippen molar-refractivity contribution in [3.8, 4) is 0 Å². The summed E-state index contributed by atoms with van der Waals surface area (Å²) in [6, 6.07) is 0.00704. The summed E-state index contributed by atoms with van der Waals surface area (Å²) in [6.45, 7) is 2.17. The molecule has 2 aromatic rings. The largest absolute Gasteiger partial charge is 0.272 e. The molecule has 5 rings (SSSR count). The van der Waals surface area contributed by atoms with Crippen LogP contribution in [-0.2, 0) is 4.79 Å². The summed E-state index contributed by atoms with van der Waals surface area (Å²) in [5.41, 5.74) is 4.61. The molecule has 0 aromatic carbocycles. The summed E-state index contributed by atoms with van der Waals surface area (Å²) < 4.78 is 0. The van der Waals surface area contributed by atoms with Gasteiger partial charge in [0.1, 0.15) is 0 Å². The minimum absolute atomic E-state index is 0.00704. The number of unbranched alkanes of at least 4 members (excludes halogenated alkanes) is 1. The third-order valence-corrected chi connectivity index (χ3v) is 6.82. The highest BCUT2D eigenvalue weighted by atomic mass is 32.1. The Balaban J connectivity index is 1.64. The molecule has 0 saturated carbocycles. The van der Waals surface area contributed by atoms with Crippen LogP contribution >= 0.6 is 22.7 Å². The molecule has 0 aliphatic carbocycles. The van der Waals surface area contributed by atoms with Crippen molar-refractivity contribution in [1.82, 2.24) is 10.0 Å². The number of hydrogen-bond acceptors (Lipinski definition) is 6. The fraction of sp³-hybridized carbons (Fsp3) is 0.389. The molecule has 1 fully saturated rings. The van der Waals surface area contributed by atoms with Crippen molar-refractivity contribution in [1.29, 1.82) is 0 Å². The Bertz CT molecular complexity index is 883. The molecule has 0 radical (unpaired) electrons. The van der Waals surface area contributed by atoms with Gasteiger partial charge < -0.3 is 0 Å². The zero-order chi connectivity index (χ0) is 17.0. The lowest BCUT2D eigenvalue weighted by Crippen LogP contribution is -2.54. The van der Waals surface area contributed by atoms with Gasteiger partial charge in [-0.15, -0.1) is 0 Å². The fourth-order valence-electron chi connectivity index (χ4n) is 4.01. The number of carbonyl (C=O) groups excluding carboxylic acids is 1. The zero-order valence-electron chi connectivity index (χ0n) is 13.8. The van der Waals surface area contributed by atoms with Gasteiger partial charge in [0.2, 0.25) is 0 Å². The van der Waals surface area contributed by atoms with E-state index in [-0.39, 0.29) is 24.0 Å². The Morgan fingerprint density at radius 2 is 1.76 bits per heavy atom. The van der Waals surface area contributed by atoms with Gasteiger partial charge in [-0.3, -0.25) is 9.80 Å². The molecule has 3 aliphatic rings. The van der Waals surface area contributed by atoms with Crippen LogP contribution in [-0.4, -0.2) is 28.4 Å². The molecule has 3 atom stereocenters. The van der Waals surface area contributed by atoms with E-state index in [4.69, 9.17) is 5.10 Å². The van der Waals surface area contributed by atoms with Crippen LogP contribution in [0.5, 0.6) is 0 Å². The maximum atomic E-state index is 13.3. The number of thiophene rings is 2. The van der Waals surface area contributed by atoms with E-state index < -0.39 is 0 Å². The molecule has 3 aliphatic heterocycles. The maximum Gasteiger partial charge on any atom is 0.250 e. The number of fused-ring (bicyclic) bond motifs is 7. The summed E-state index contributed by atoms with van der Waals surface area (Å²) in [4.78, 5) is 13.3. The first-order valence-electron chi connectivity index (χ1n) is 8.61. The predicted octanol–water partition coefficient (Wildman–Crippen LogP) is 4.20. The van der Waals surface area contributed by atoms with Crippen molar-refractivity contribution in [2.75, 3.05) is 0 Å². The summed E-state index contributed by atoms with van der Waals surface area (Å²) in [7, 11) is 0. The molecule has 7 heteroatoms. The number of hydrogen-bond donors (Lipinski definition) is 0. The van der Waals surface area contributed by atoms with Crippen molar-refractivity contribution in [3.63, 3.8) is 0 Å². The summed E-state index contributed by atoms with van der Waals surface area (Å²) in [5, 5.41) is 21.5. The molecule has 0 bridgehead atoms. The van der Waals surface area contributed by atoms with Crippen LogP contribution in [0.3, 0.4) is 0 Å². The van der Waals surface area contributed by atoms with E-state index >= 15 is 0 Å². The minimum atomic E-state index is -0.231. The number of nitrogens with zero attached hydrogens (tertiary/aromatic N) is 4. The predicted molar refractivity (Wildman–Crippen MR) is 101 cm³/mol. The zero-order valence-corrected chi connectivity index (χ0v) is 15.5. The molecule has 2 aromatic heterocycles. The lowest BCUT2D eigenvalue weighted by Gasteiger charge is -2.50.